The fourth-order valence-electron chi connectivity index (χ4n) is 1.89. The number of hydrogen-bond acceptors (Lipinski definition) is 2. The number of halogens is 1. The minimum absolute atomic E-state index is 0.189. The summed E-state index contributed by atoms with van der Waals surface area (Å²) in [5, 5.41) is 0.813. The molecular weight excluding hydrogens is 228 g/mol. The molecule has 0 aliphatic carbocycles. The van der Waals surface area contributed by atoms with Crippen LogP contribution in [0.4, 0.5) is 0 Å². The lowest BCUT2D eigenvalue weighted by Crippen LogP contribution is -2.03. The molecule has 1 aliphatic heterocycles. The maximum atomic E-state index is 11.0. The normalized spacial score (nSPS) is 14.8. The van der Waals surface area contributed by atoms with E-state index < -0.39 is 0 Å². The van der Waals surface area contributed by atoms with Crippen LogP contribution in [-0.4, -0.2) is 11.5 Å². The molecule has 0 saturated carbocycles. The van der Waals surface area contributed by atoms with Gasteiger partial charge in [-0.1, -0.05) is 17.7 Å². The Kier molecular flexibility index (Phi) is 3.37. The molecule has 2 rings (SSSR count). The summed E-state index contributed by atoms with van der Waals surface area (Å²) in [6.45, 7) is 1.61. The van der Waals surface area contributed by atoms with E-state index >= 15 is 0 Å². The summed E-state index contributed by atoms with van der Waals surface area (Å²) in [6.07, 6.45) is 2.79. The first-order valence-corrected chi connectivity index (χ1v) is 6.46. The first-order valence-electron chi connectivity index (χ1n) is 5.10. The highest BCUT2D eigenvalue weighted by Crippen LogP contribution is 2.36. The lowest BCUT2D eigenvalue weighted by atomic mass is 10.0. The maximum Gasteiger partial charge on any atom is 0.134 e. The van der Waals surface area contributed by atoms with Crippen molar-refractivity contribution < 1.29 is 4.79 Å². The lowest BCUT2D eigenvalue weighted by Gasteiger charge is -2.17. The number of thioether (sulfide) groups is 1. The Balaban J connectivity index is 2.36. The Morgan fingerprint density at radius 2 is 2.33 bits per heavy atom. The van der Waals surface area contributed by atoms with E-state index in [1.165, 1.54) is 16.9 Å². The van der Waals surface area contributed by atoms with Gasteiger partial charge in [0.05, 0.1) is 5.02 Å². The summed E-state index contributed by atoms with van der Waals surface area (Å²) in [5.74, 6) is 1.34. The molecule has 0 spiro atoms. The summed E-state index contributed by atoms with van der Waals surface area (Å²) >= 11 is 8.02. The first kappa shape index (κ1) is 11.0. The molecule has 0 fully saturated rings. The van der Waals surface area contributed by atoms with Crippen molar-refractivity contribution in [1.29, 1.82) is 0 Å². The van der Waals surface area contributed by atoms with Gasteiger partial charge in [0.25, 0.3) is 0 Å². The summed E-state index contributed by atoms with van der Waals surface area (Å²) in [4.78, 5) is 12.3. The van der Waals surface area contributed by atoms with Gasteiger partial charge in [0.15, 0.2) is 0 Å². The molecule has 0 bridgehead atoms. The van der Waals surface area contributed by atoms with Gasteiger partial charge in [-0.05, 0) is 42.7 Å². The Hall–Kier alpha value is -0.470. The zero-order chi connectivity index (χ0) is 10.8. The van der Waals surface area contributed by atoms with E-state index in [0.717, 1.165) is 22.8 Å². The zero-order valence-electron chi connectivity index (χ0n) is 8.68. The molecule has 1 nitrogen and oxygen atoms in total. The molecule has 3 heteroatoms. The van der Waals surface area contributed by atoms with Crippen LogP contribution in [0.1, 0.15) is 24.5 Å². The minimum atomic E-state index is 0.189. The average molecular weight is 241 g/mol. The summed E-state index contributed by atoms with van der Waals surface area (Å²) < 4.78 is 0. The number of benzene rings is 1. The van der Waals surface area contributed by atoms with Crippen LogP contribution in [0.25, 0.3) is 0 Å². The molecule has 15 heavy (non-hydrogen) atoms. The SMILES string of the molecule is CC(=O)Cc1cc(Cl)c2c(c1)CCCS2. The maximum absolute atomic E-state index is 11.0. The zero-order valence-corrected chi connectivity index (χ0v) is 10.3. The average Bonchev–Trinajstić information content (AvgIpc) is 2.16. The number of carbonyl (C=O) groups is 1. The van der Waals surface area contributed by atoms with Crippen molar-refractivity contribution in [3.8, 4) is 0 Å². The summed E-state index contributed by atoms with van der Waals surface area (Å²) in [5.41, 5.74) is 2.36. The van der Waals surface area contributed by atoms with Crippen molar-refractivity contribution in [2.24, 2.45) is 0 Å². The van der Waals surface area contributed by atoms with Gasteiger partial charge < -0.3 is 0 Å². The molecule has 0 radical (unpaired) electrons. The van der Waals surface area contributed by atoms with Crippen molar-refractivity contribution >= 4 is 29.1 Å². The lowest BCUT2D eigenvalue weighted by molar-refractivity contribution is -0.116. The highest BCUT2D eigenvalue weighted by molar-refractivity contribution is 7.99. The molecule has 0 saturated heterocycles. The molecule has 0 atom stereocenters. The van der Waals surface area contributed by atoms with E-state index in [9.17, 15) is 4.79 Å². The second-order valence-corrected chi connectivity index (χ2v) is 5.41. The molecule has 0 aromatic heterocycles. The predicted molar refractivity (Wildman–Crippen MR) is 64.9 cm³/mol. The van der Waals surface area contributed by atoms with Gasteiger partial charge in [-0.3, -0.25) is 4.79 Å². The quantitative estimate of drug-likeness (QED) is 0.787. The molecule has 1 heterocycles. The topological polar surface area (TPSA) is 17.1 Å². The largest absolute Gasteiger partial charge is 0.300 e. The van der Waals surface area contributed by atoms with Crippen molar-refractivity contribution in [3.05, 3.63) is 28.3 Å². The molecule has 80 valence electrons. The fraction of sp³-hybridized carbons (Fsp3) is 0.417. The smallest absolute Gasteiger partial charge is 0.134 e. The molecule has 0 amide bonds. The van der Waals surface area contributed by atoms with E-state index in [1.807, 2.05) is 17.8 Å². The third kappa shape index (κ3) is 2.56. The van der Waals surface area contributed by atoms with Crippen LogP contribution >= 0.6 is 23.4 Å². The summed E-state index contributed by atoms with van der Waals surface area (Å²) in [7, 11) is 0. The van der Waals surface area contributed by atoms with Crippen LogP contribution in [0.15, 0.2) is 17.0 Å². The van der Waals surface area contributed by atoms with Crippen LogP contribution in [0.5, 0.6) is 0 Å². The van der Waals surface area contributed by atoms with Gasteiger partial charge in [0, 0.05) is 11.3 Å². The van der Waals surface area contributed by atoms with Crippen LogP contribution in [0.2, 0.25) is 5.02 Å². The van der Waals surface area contributed by atoms with Crippen LogP contribution in [-0.2, 0) is 17.6 Å². The summed E-state index contributed by atoms with van der Waals surface area (Å²) in [6, 6.07) is 4.06. The van der Waals surface area contributed by atoms with E-state index in [0.29, 0.717) is 6.42 Å². The predicted octanol–water partition coefficient (Wildman–Crippen LogP) is 3.51. The highest BCUT2D eigenvalue weighted by atomic mass is 35.5. The standard InChI is InChI=1S/C12H13ClOS/c1-8(14)5-9-6-10-3-2-4-15-12(10)11(13)7-9/h6-7H,2-5H2,1H3. The van der Waals surface area contributed by atoms with Crippen LogP contribution in [0, 0.1) is 0 Å². The Bertz CT molecular complexity index is 401. The first-order chi connectivity index (χ1) is 7.16. The van der Waals surface area contributed by atoms with Gasteiger partial charge >= 0.3 is 0 Å². The molecule has 1 aliphatic rings. The number of hydrogen-bond donors (Lipinski definition) is 0. The third-order valence-corrected chi connectivity index (χ3v) is 4.14. The van der Waals surface area contributed by atoms with Gasteiger partial charge in [-0.25, -0.2) is 0 Å². The monoisotopic (exact) mass is 240 g/mol. The minimum Gasteiger partial charge on any atom is -0.300 e. The van der Waals surface area contributed by atoms with Gasteiger partial charge in [-0.15, -0.1) is 11.8 Å². The van der Waals surface area contributed by atoms with Gasteiger partial charge in [0.2, 0.25) is 0 Å². The van der Waals surface area contributed by atoms with Crippen molar-refractivity contribution in [2.45, 2.75) is 31.1 Å². The van der Waals surface area contributed by atoms with Crippen molar-refractivity contribution in [2.75, 3.05) is 5.75 Å². The van der Waals surface area contributed by atoms with Crippen molar-refractivity contribution in [1.82, 2.24) is 0 Å². The van der Waals surface area contributed by atoms with Gasteiger partial charge in [-0.2, -0.15) is 0 Å². The van der Waals surface area contributed by atoms with E-state index in [2.05, 4.69) is 6.07 Å². The van der Waals surface area contributed by atoms with Crippen LogP contribution < -0.4 is 0 Å². The van der Waals surface area contributed by atoms with Crippen LogP contribution in [0.3, 0.4) is 0 Å². The Labute approximate surface area is 99.2 Å². The van der Waals surface area contributed by atoms with E-state index in [-0.39, 0.29) is 5.78 Å². The molecular formula is C12H13ClOS. The van der Waals surface area contributed by atoms with E-state index in [1.54, 1.807) is 6.92 Å². The number of carbonyl (C=O) groups excluding carboxylic acids is 1. The molecule has 1 aromatic carbocycles. The van der Waals surface area contributed by atoms with Crippen molar-refractivity contribution in [3.63, 3.8) is 0 Å². The van der Waals surface area contributed by atoms with Gasteiger partial charge in [0.1, 0.15) is 5.78 Å². The molecule has 1 aromatic rings. The number of rotatable bonds is 2. The molecule has 0 N–H and O–H groups in total. The fourth-order valence-corrected chi connectivity index (χ4v) is 3.35. The molecule has 0 unspecified atom stereocenters. The Morgan fingerprint density at radius 1 is 1.53 bits per heavy atom. The number of Topliss-reactive ketones (excluding diaryl/α,β-unsaturated/α-hetero) is 1. The Morgan fingerprint density at radius 3 is 3.07 bits per heavy atom. The highest BCUT2D eigenvalue weighted by Gasteiger charge is 2.14. The van der Waals surface area contributed by atoms with E-state index in [4.69, 9.17) is 11.6 Å². The second-order valence-electron chi connectivity index (χ2n) is 3.90. The number of fused-ring (bicyclic) bond motifs is 1. The second kappa shape index (κ2) is 4.58. The third-order valence-electron chi connectivity index (χ3n) is 2.47. The number of aryl methyl sites for hydroxylation is 1. The number of ketones is 1.